The number of carbonyl (C=O) groups is 2. The molecule has 0 aliphatic carbocycles. The molecule has 1 aromatic heterocycles. The minimum atomic E-state index is -1.13. The van der Waals surface area contributed by atoms with Crippen molar-refractivity contribution in [1.29, 1.82) is 0 Å². The maximum absolute atomic E-state index is 11.9. The molecule has 1 heterocycles. The average molecular weight is 291 g/mol. The molecule has 20 heavy (non-hydrogen) atoms. The lowest BCUT2D eigenvalue weighted by Crippen LogP contribution is -2.12. The van der Waals surface area contributed by atoms with Crippen LogP contribution >= 0.6 is 11.8 Å². The normalized spacial score (nSPS) is 10.2. The van der Waals surface area contributed by atoms with Crippen LogP contribution in [0.25, 0.3) is 0 Å². The molecule has 0 atom stereocenters. The van der Waals surface area contributed by atoms with E-state index in [2.05, 4.69) is 15.5 Å². The van der Waals surface area contributed by atoms with Crippen LogP contribution in [0.2, 0.25) is 0 Å². The minimum absolute atomic E-state index is 0.0735. The summed E-state index contributed by atoms with van der Waals surface area (Å²) in [5.74, 6) is -0.382. The fourth-order valence-electron chi connectivity index (χ4n) is 1.60. The molecule has 1 aromatic carbocycles. The number of carbonyl (C=O) groups excluding carboxylic acids is 1. The van der Waals surface area contributed by atoms with Crippen molar-refractivity contribution in [3.8, 4) is 0 Å². The molecule has 1 amide bonds. The Morgan fingerprint density at radius 2 is 2.05 bits per heavy atom. The van der Waals surface area contributed by atoms with Crippen molar-refractivity contribution in [3.63, 3.8) is 0 Å². The Bertz CT molecular complexity index is 622. The Labute approximate surface area is 119 Å². The highest BCUT2D eigenvalue weighted by Gasteiger charge is 2.11. The lowest BCUT2D eigenvalue weighted by Gasteiger charge is -2.03. The SMILES string of the molecule is CSCc1ccc(C(=O)Nc2cc(C(=O)O)[nH]n2)cc1. The molecule has 3 N–H and O–H groups in total. The lowest BCUT2D eigenvalue weighted by molar-refractivity contribution is 0.0690. The summed E-state index contributed by atoms with van der Waals surface area (Å²) in [6.45, 7) is 0. The van der Waals surface area contributed by atoms with Crippen LogP contribution in [0.15, 0.2) is 30.3 Å². The molecule has 2 rings (SSSR count). The van der Waals surface area contributed by atoms with Crippen LogP contribution in [-0.2, 0) is 5.75 Å². The largest absolute Gasteiger partial charge is 0.477 e. The molecule has 104 valence electrons. The van der Waals surface area contributed by atoms with Gasteiger partial charge in [0.15, 0.2) is 5.82 Å². The van der Waals surface area contributed by atoms with Crippen molar-refractivity contribution < 1.29 is 14.7 Å². The second-order valence-electron chi connectivity index (χ2n) is 4.06. The van der Waals surface area contributed by atoms with Gasteiger partial charge in [0.05, 0.1) is 0 Å². The number of H-pyrrole nitrogens is 1. The van der Waals surface area contributed by atoms with Gasteiger partial charge in [0, 0.05) is 17.4 Å². The summed E-state index contributed by atoms with van der Waals surface area (Å²) in [4.78, 5) is 22.6. The third-order valence-electron chi connectivity index (χ3n) is 2.58. The van der Waals surface area contributed by atoms with Gasteiger partial charge in [-0.3, -0.25) is 9.89 Å². The Hall–Kier alpha value is -2.28. The van der Waals surface area contributed by atoms with E-state index in [1.165, 1.54) is 6.07 Å². The van der Waals surface area contributed by atoms with E-state index in [-0.39, 0.29) is 17.4 Å². The van der Waals surface area contributed by atoms with Crippen LogP contribution in [0.3, 0.4) is 0 Å². The Morgan fingerprint density at radius 1 is 1.35 bits per heavy atom. The van der Waals surface area contributed by atoms with E-state index in [0.29, 0.717) is 5.56 Å². The van der Waals surface area contributed by atoms with Gasteiger partial charge in [-0.25, -0.2) is 4.79 Å². The first kappa shape index (κ1) is 14.1. The number of anilines is 1. The van der Waals surface area contributed by atoms with Gasteiger partial charge < -0.3 is 10.4 Å². The number of aromatic nitrogens is 2. The van der Waals surface area contributed by atoms with Gasteiger partial charge in [0.25, 0.3) is 5.91 Å². The van der Waals surface area contributed by atoms with Gasteiger partial charge in [-0.15, -0.1) is 0 Å². The molecule has 0 aliphatic rings. The summed E-state index contributed by atoms with van der Waals surface area (Å²) >= 11 is 1.71. The fourth-order valence-corrected chi connectivity index (χ4v) is 2.13. The van der Waals surface area contributed by atoms with Crippen LogP contribution in [0.4, 0.5) is 5.82 Å². The summed E-state index contributed by atoms with van der Waals surface area (Å²) in [7, 11) is 0. The average Bonchev–Trinajstić information content (AvgIpc) is 2.88. The smallest absolute Gasteiger partial charge is 0.353 e. The third kappa shape index (κ3) is 3.39. The molecule has 6 nitrogen and oxygen atoms in total. The zero-order chi connectivity index (χ0) is 14.5. The highest BCUT2D eigenvalue weighted by Crippen LogP contribution is 2.12. The number of benzene rings is 1. The molecule has 0 radical (unpaired) electrons. The van der Waals surface area contributed by atoms with E-state index in [4.69, 9.17) is 5.11 Å². The maximum Gasteiger partial charge on any atom is 0.353 e. The molecule has 0 bridgehead atoms. The number of rotatable bonds is 5. The zero-order valence-corrected chi connectivity index (χ0v) is 11.5. The van der Waals surface area contributed by atoms with Gasteiger partial charge >= 0.3 is 5.97 Å². The molecule has 7 heteroatoms. The van der Waals surface area contributed by atoms with E-state index < -0.39 is 5.97 Å². The van der Waals surface area contributed by atoms with Crippen LogP contribution < -0.4 is 5.32 Å². The number of hydrogen-bond acceptors (Lipinski definition) is 4. The van der Waals surface area contributed by atoms with Gasteiger partial charge in [-0.05, 0) is 24.0 Å². The second kappa shape index (κ2) is 6.25. The molecular formula is C13H13N3O3S. The number of amides is 1. The molecule has 0 saturated heterocycles. The molecule has 0 fully saturated rings. The predicted molar refractivity (Wildman–Crippen MR) is 77.2 cm³/mol. The quantitative estimate of drug-likeness (QED) is 0.785. The van der Waals surface area contributed by atoms with E-state index in [1.807, 2.05) is 18.4 Å². The highest BCUT2D eigenvalue weighted by atomic mass is 32.2. The highest BCUT2D eigenvalue weighted by molar-refractivity contribution is 7.97. The summed E-state index contributed by atoms with van der Waals surface area (Å²) < 4.78 is 0. The molecular weight excluding hydrogens is 278 g/mol. The van der Waals surface area contributed by atoms with Crippen molar-refractivity contribution in [1.82, 2.24) is 10.2 Å². The van der Waals surface area contributed by atoms with Crippen LogP contribution in [-0.4, -0.2) is 33.4 Å². The van der Waals surface area contributed by atoms with Crippen LogP contribution in [0.1, 0.15) is 26.4 Å². The lowest BCUT2D eigenvalue weighted by atomic mass is 10.1. The van der Waals surface area contributed by atoms with Crippen molar-refractivity contribution in [2.75, 3.05) is 11.6 Å². The van der Waals surface area contributed by atoms with E-state index in [0.717, 1.165) is 11.3 Å². The standard InChI is InChI=1S/C13H13N3O3S/c1-20-7-8-2-4-9(5-3-8)12(17)14-11-6-10(13(18)19)15-16-11/h2-6H,7H2,1H3,(H,18,19)(H2,14,15,16,17). The minimum Gasteiger partial charge on any atom is -0.477 e. The molecule has 0 saturated carbocycles. The summed E-state index contributed by atoms with van der Waals surface area (Å²) in [5.41, 5.74) is 1.56. The summed E-state index contributed by atoms with van der Waals surface area (Å²) in [5, 5.41) is 17.3. The van der Waals surface area contributed by atoms with E-state index in [9.17, 15) is 9.59 Å². The number of thioether (sulfide) groups is 1. The van der Waals surface area contributed by atoms with Crippen molar-refractivity contribution in [3.05, 3.63) is 47.2 Å². The number of nitrogens with zero attached hydrogens (tertiary/aromatic N) is 1. The maximum atomic E-state index is 11.9. The number of carboxylic acids is 1. The van der Waals surface area contributed by atoms with Crippen molar-refractivity contribution in [2.24, 2.45) is 0 Å². The molecule has 2 aromatic rings. The first-order chi connectivity index (χ1) is 9.60. The first-order valence-electron chi connectivity index (χ1n) is 5.78. The Balaban J connectivity index is 2.05. The van der Waals surface area contributed by atoms with Gasteiger partial charge in [0.1, 0.15) is 5.69 Å². The number of hydrogen-bond donors (Lipinski definition) is 3. The van der Waals surface area contributed by atoms with Gasteiger partial charge in [0.2, 0.25) is 0 Å². The van der Waals surface area contributed by atoms with Crippen LogP contribution in [0, 0.1) is 0 Å². The van der Waals surface area contributed by atoms with Crippen LogP contribution in [0.5, 0.6) is 0 Å². The Morgan fingerprint density at radius 3 is 2.60 bits per heavy atom. The molecule has 0 aliphatic heterocycles. The van der Waals surface area contributed by atoms with E-state index >= 15 is 0 Å². The second-order valence-corrected chi connectivity index (χ2v) is 4.92. The fraction of sp³-hybridized carbons (Fsp3) is 0.154. The predicted octanol–water partition coefficient (Wildman–Crippen LogP) is 2.22. The van der Waals surface area contributed by atoms with Crippen molar-refractivity contribution >= 4 is 29.5 Å². The third-order valence-corrected chi connectivity index (χ3v) is 3.20. The van der Waals surface area contributed by atoms with Gasteiger partial charge in [-0.2, -0.15) is 16.9 Å². The monoisotopic (exact) mass is 291 g/mol. The summed E-state index contributed by atoms with van der Waals surface area (Å²) in [6, 6.07) is 8.50. The van der Waals surface area contributed by atoms with Crippen molar-refractivity contribution in [2.45, 2.75) is 5.75 Å². The Kier molecular flexibility index (Phi) is 4.41. The molecule has 0 spiro atoms. The number of nitrogens with one attached hydrogen (secondary N) is 2. The van der Waals surface area contributed by atoms with Gasteiger partial charge in [-0.1, -0.05) is 12.1 Å². The molecule has 0 unspecified atom stereocenters. The summed E-state index contributed by atoms with van der Waals surface area (Å²) in [6.07, 6.45) is 2.01. The number of carboxylic acid groups (broad SMARTS) is 1. The topological polar surface area (TPSA) is 95.1 Å². The first-order valence-corrected chi connectivity index (χ1v) is 7.17. The number of aromatic amines is 1. The zero-order valence-electron chi connectivity index (χ0n) is 10.7. The van der Waals surface area contributed by atoms with E-state index in [1.54, 1.807) is 23.9 Å². The number of aromatic carboxylic acids is 1.